The van der Waals surface area contributed by atoms with Gasteiger partial charge in [-0.1, -0.05) is 24.3 Å². The third kappa shape index (κ3) is 3.97. The molecular weight excluding hydrogens is 328 g/mol. The van der Waals surface area contributed by atoms with E-state index in [1.807, 2.05) is 18.5 Å². The molecule has 0 unspecified atom stereocenters. The van der Waals surface area contributed by atoms with E-state index in [9.17, 15) is 4.79 Å². The number of amides is 1. The lowest BCUT2D eigenvalue weighted by Gasteiger charge is -2.32. The lowest BCUT2D eigenvalue weighted by molar-refractivity contribution is -0.118. The van der Waals surface area contributed by atoms with Crippen molar-refractivity contribution in [2.45, 2.75) is 39.8 Å². The number of morpholine rings is 1. The Morgan fingerprint density at radius 2 is 1.88 bits per heavy atom. The van der Waals surface area contributed by atoms with Crippen LogP contribution in [0.5, 0.6) is 0 Å². The summed E-state index contributed by atoms with van der Waals surface area (Å²) in [6.45, 7) is 10.4. The predicted octanol–water partition coefficient (Wildman–Crippen LogP) is 2.44. The van der Waals surface area contributed by atoms with Gasteiger partial charge in [0.1, 0.15) is 0 Å². The van der Waals surface area contributed by atoms with Crippen LogP contribution in [0.15, 0.2) is 24.3 Å². The van der Waals surface area contributed by atoms with Gasteiger partial charge in [-0.25, -0.2) is 0 Å². The van der Waals surface area contributed by atoms with Gasteiger partial charge in [0.05, 0.1) is 18.9 Å². The van der Waals surface area contributed by atoms with Gasteiger partial charge in [0.15, 0.2) is 0 Å². The first-order valence-electron chi connectivity index (χ1n) is 9.22. The zero-order valence-corrected chi connectivity index (χ0v) is 15.9. The topological polar surface area (TPSA) is 73.4 Å². The fourth-order valence-electron chi connectivity index (χ4n) is 3.65. The Morgan fingerprint density at radius 1 is 1.23 bits per heavy atom. The van der Waals surface area contributed by atoms with Crippen molar-refractivity contribution in [3.05, 3.63) is 41.2 Å². The van der Waals surface area contributed by atoms with E-state index in [0.29, 0.717) is 19.0 Å². The molecule has 1 aromatic carbocycles. The van der Waals surface area contributed by atoms with Crippen LogP contribution < -0.4 is 5.73 Å². The number of carbonyl (C=O) groups excluding carboxylic acids is 1. The summed E-state index contributed by atoms with van der Waals surface area (Å²) >= 11 is 0. The molecular formula is C20H28N4O2. The Bertz CT molecular complexity index is 761. The molecule has 2 N–H and O–H groups in total. The van der Waals surface area contributed by atoms with Crippen LogP contribution in [-0.4, -0.2) is 46.9 Å². The quantitative estimate of drug-likeness (QED) is 0.863. The summed E-state index contributed by atoms with van der Waals surface area (Å²) in [6.07, 6.45) is 0.303. The molecule has 0 aliphatic carbocycles. The van der Waals surface area contributed by atoms with Crippen LogP contribution in [0.25, 0.3) is 11.1 Å². The number of rotatable bonds is 6. The molecule has 2 heterocycles. The highest BCUT2D eigenvalue weighted by Crippen LogP contribution is 2.29. The second-order valence-corrected chi connectivity index (χ2v) is 6.93. The van der Waals surface area contributed by atoms with Crippen molar-refractivity contribution in [2.75, 3.05) is 26.3 Å². The van der Waals surface area contributed by atoms with E-state index in [-0.39, 0.29) is 5.91 Å². The average Bonchev–Trinajstić information content (AvgIpc) is 2.94. The molecule has 1 aliphatic heterocycles. The lowest BCUT2D eigenvalue weighted by Crippen LogP contribution is -2.37. The van der Waals surface area contributed by atoms with Crippen LogP contribution >= 0.6 is 0 Å². The van der Waals surface area contributed by atoms with Gasteiger partial charge in [0, 0.05) is 43.4 Å². The molecule has 0 bridgehead atoms. The number of nitrogens with two attached hydrogens (primary N) is 1. The third-order valence-electron chi connectivity index (χ3n) is 5.23. The van der Waals surface area contributed by atoms with Gasteiger partial charge in [-0.15, -0.1) is 0 Å². The Hall–Kier alpha value is -2.18. The molecule has 1 aliphatic rings. The average molecular weight is 356 g/mol. The Labute approximate surface area is 154 Å². The van der Waals surface area contributed by atoms with Crippen LogP contribution in [0.3, 0.4) is 0 Å². The highest BCUT2D eigenvalue weighted by Gasteiger charge is 2.19. The number of hydrogen-bond acceptors (Lipinski definition) is 4. The number of benzene rings is 1. The molecule has 0 radical (unpaired) electrons. The Kier molecular flexibility index (Phi) is 5.74. The van der Waals surface area contributed by atoms with Crippen LogP contribution in [0.1, 0.15) is 36.3 Å². The first kappa shape index (κ1) is 18.6. The fraction of sp³-hybridized carbons (Fsp3) is 0.500. The standard InChI is InChI=1S/C20H28N4O2/c1-14-20(16(3)24(22-14)9-8-19(21)25)18-6-4-17(5-7-18)15(2)23-10-12-26-13-11-23/h4-7,15H,8-13H2,1-3H3,(H2,21,25)/t15-/m0/s1. The highest BCUT2D eigenvalue weighted by molar-refractivity contribution is 5.73. The number of primary amides is 1. The summed E-state index contributed by atoms with van der Waals surface area (Å²) in [5, 5.41) is 4.58. The number of ether oxygens (including phenoxy) is 1. The summed E-state index contributed by atoms with van der Waals surface area (Å²) in [5.41, 5.74) is 10.9. The van der Waals surface area contributed by atoms with Gasteiger partial charge in [0.2, 0.25) is 5.91 Å². The summed E-state index contributed by atoms with van der Waals surface area (Å²) in [7, 11) is 0. The molecule has 0 saturated carbocycles. The van der Waals surface area contributed by atoms with Gasteiger partial charge in [0.25, 0.3) is 0 Å². The van der Waals surface area contributed by atoms with Crippen LogP contribution in [0.4, 0.5) is 0 Å². The van der Waals surface area contributed by atoms with E-state index < -0.39 is 0 Å². The molecule has 0 spiro atoms. The molecule has 1 saturated heterocycles. The second kappa shape index (κ2) is 8.01. The van der Waals surface area contributed by atoms with Gasteiger partial charge in [-0.2, -0.15) is 5.10 Å². The largest absolute Gasteiger partial charge is 0.379 e. The van der Waals surface area contributed by atoms with Crippen molar-refractivity contribution in [1.82, 2.24) is 14.7 Å². The predicted molar refractivity (Wildman–Crippen MR) is 102 cm³/mol. The van der Waals surface area contributed by atoms with E-state index in [4.69, 9.17) is 10.5 Å². The lowest BCUT2D eigenvalue weighted by atomic mass is 9.99. The van der Waals surface area contributed by atoms with Crippen molar-refractivity contribution in [1.29, 1.82) is 0 Å². The molecule has 2 aromatic rings. The van der Waals surface area contributed by atoms with Crippen molar-refractivity contribution in [2.24, 2.45) is 5.73 Å². The molecule has 1 aromatic heterocycles. The Balaban J connectivity index is 1.79. The monoisotopic (exact) mass is 356 g/mol. The maximum atomic E-state index is 11.0. The first-order chi connectivity index (χ1) is 12.5. The first-order valence-corrected chi connectivity index (χ1v) is 9.22. The SMILES string of the molecule is Cc1nn(CCC(N)=O)c(C)c1-c1ccc([C@H](C)N2CCOCC2)cc1. The van der Waals surface area contributed by atoms with E-state index >= 15 is 0 Å². The van der Waals surface area contributed by atoms with Crippen molar-refractivity contribution < 1.29 is 9.53 Å². The second-order valence-electron chi connectivity index (χ2n) is 6.93. The third-order valence-corrected chi connectivity index (χ3v) is 5.23. The maximum absolute atomic E-state index is 11.0. The number of aromatic nitrogens is 2. The minimum absolute atomic E-state index is 0.303. The minimum atomic E-state index is -0.305. The van der Waals surface area contributed by atoms with Crippen molar-refractivity contribution in [3.63, 3.8) is 0 Å². The smallest absolute Gasteiger partial charge is 0.219 e. The molecule has 26 heavy (non-hydrogen) atoms. The minimum Gasteiger partial charge on any atom is -0.379 e. The van der Waals surface area contributed by atoms with Gasteiger partial charge in [-0.05, 0) is 31.9 Å². The number of aryl methyl sites for hydroxylation is 2. The van der Waals surface area contributed by atoms with E-state index in [1.165, 1.54) is 5.56 Å². The summed E-state index contributed by atoms with van der Waals surface area (Å²) in [4.78, 5) is 13.5. The molecule has 6 heteroatoms. The number of nitrogens with zero attached hydrogens (tertiary/aromatic N) is 3. The zero-order valence-electron chi connectivity index (χ0n) is 15.9. The Morgan fingerprint density at radius 3 is 2.50 bits per heavy atom. The summed E-state index contributed by atoms with van der Waals surface area (Å²) in [5.74, 6) is -0.305. The van der Waals surface area contributed by atoms with E-state index in [2.05, 4.69) is 41.2 Å². The van der Waals surface area contributed by atoms with Crippen LogP contribution in [0.2, 0.25) is 0 Å². The molecule has 1 atom stereocenters. The molecule has 1 fully saturated rings. The van der Waals surface area contributed by atoms with Crippen LogP contribution in [0, 0.1) is 13.8 Å². The fourth-order valence-corrected chi connectivity index (χ4v) is 3.65. The summed E-state index contributed by atoms with van der Waals surface area (Å²) < 4.78 is 7.32. The van der Waals surface area contributed by atoms with Crippen molar-refractivity contribution >= 4 is 5.91 Å². The molecule has 3 rings (SSSR count). The number of carbonyl (C=O) groups is 1. The van der Waals surface area contributed by atoms with Crippen molar-refractivity contribution in [3.8, 4) is 11.1 Å². The van der Waals surface area contributed by atoms with Gasteiger partial charge >= 0.3 is 0 Å². The molecule has 6 nitrogen and oxygen atoms in total. The van der Waals surface area contributed by atoms with Gasteiger partial charge in [-0.3, -0.25) is 14.4 Å². The van der Waals surface area contributed by atoms with Crippen LogP contribution in [-0.2, 0) is 16.1 Å². The number of hydrogen-bond donors (Lipinski definition) is 1. The van der Waals surface area contributed by atoms with E-state index in [1.54, 1.807) is 0 Å². The summed E-state index contributed by atoms with van der Waals surface area (Å²) in [6, 6.07) is 9.13. The maximum Gasteiger partial charge on any atom is 0.219 e. The molecule has 1 amide bonds. The van der Waals surface area contributed by atoms with E-state index in [0.717, 1.165) is 48.8 Å². The molecule has 140 valence electrons. The normalized spacial score (nSPS) is 16.6. The highest BCUT2D eigenvalue weighted by atomic mass is 16.5. The van der Waals surface area contributed by atoms with Gasteiger partial charge < -0.3 is 10.5 Å². The zero-order chi connectivity index (χ0) is 18.7.